The van der Waals surface area contributed by atoms with E-state index in [2.05, 4.69) is 16.0 Å². The van der Waals surface area contributed by atoms with Gasteiger partial charge < -0.3 is 35.8 Å². The second-order valence-corrected chi connectivity index (χ2v) is 13.3. The lowest BCUT2D eigenvalue weighted by Gasteiger charge is -2.43. The summed E-state index contributed by atoms with van der Waals surface area (Å²) < 4.78 is 20.7. The molecule has 3 rings (SSSR count). The van der Waals surface area contributed by atoms with Crippen LogP contribution >= 0.6 is 11.6 Å². The van der Waals surface area contributed by atoms with E-state index in [0.717, 1.165) is 32.1 Å². The molecule has 43 heavy (non-hydrogen) atoms. The van der Waals surface area contributed by atoms with Crippen molar-refractivity contribution in [2.24, 2.45) is 11.8 Å². The molecule has 1 aromatic carbocycles. The van der Waals surface area contributed by atoms with Gasteiger partial charge in [0, 0.05) is 43.7 Å². The predicted molar refractivity (Wildman–Crippen MR) is 163 cm³/mol. The molecule has 1 saturated carbocycles. The molecule has 2 aliphatic rings. The monoisotopic (exact) mass is 626 g/mol. The van der Waals surface area contributed by atoms with E-state index >= 15 is 4.39 Å². The zero-order chi connectivity index (χ0) is 31.6. The summed E-state index contributed by atoms with van der Waals surface area (Å²) in [7, 11) is 0. The third-order valence-corrected chi connectivity index (χ3v) is 8.67. The number of alkyl carbamates (subject to hydrolysis) is 1. The summed E-state index contributed by atoms with van der Waals surface area (Å²) in [6.45, 7) is 6.36. The molecule has 5 N–H and O–H groups in total. The van der Waals surface area contributed by atoms with E-state index in [-0.39, 0.29) is 55.1 Å². The number of nitrogens with one attached hydrogen (secondary N) is 3. The second kappa shape index (κ2) is 15.8. The van der Waals surface area contributed by atoms with Gasteiger partial charge in [-0.05, 0) is 64.9 Å². The molecule has 0 bridgehead atoms. The molecule has 1 aliphatic carbocycles. The van der Waals surface area contributed by atoms with Crippen LogP contribution < -0.4 is 16.0 Å². The molecule has 0 spiro atoms. The van der Waals surface area contributed by atoms with Gasteiger partial charge in [-0.3, -0.25) is 0 Å². The van der Waals surface area contributed by atoms with E-state index in [4.69, 9.17) is 21.4 Å². The van der Waals surface area contributed by atoms with Crippen LogP contribution in [0.4, 0.5) is 18.8 Å². The average Bonchev–Trinajstić information content (AvgIpc) is 2.94. The van der Waals surface area contributed by atoms with Crippen LogP contribution in [0, 0.1) is 17.7 Å². The molecule has 1 unspecified atom stereocenters. The molecule has 0 radical (unpaired) electrons. The maximum atomic E-state index is 15.2. The Bertz CT molecular complexity index is 1100. The first-order chi connectivity index (χ1) is 20.3. The van der Waals surface area contributed by atoms with Crippen molar-refractivity contribution in [2.45, 2.75) is 102 Å². The van der Waals surface area contributed by atoms with Gasteiger partial charge in [0.15, 0.2) is 0 Å². The van der Waals surface area contributed by atoms with Gasteiger partial charge in [-0.15, -0.1) is 0 Å². The van der Waals surface area contributed by atoms with E-state index in [1.165, 1.54) is 18.6 Å². The number of aliphatic hydroxyl groups is 1. The molecule has 242 valence electrons. The number of carboxylic acid groups (broad SMARTS) is 1. The van der Waals surface area contributed by atoms with Gasteiger partial charge in [-0.25, -0.2) is 18.8 Å². The van der Waals surface area contributed by atoms with Gasteiger partial charge in [-0.2, -0.15) is 0 Å². The van der Waals surface area contributed by atoms with Crippen LogP contribution in [0.3, 0.4) is 0 Å². The first kappa shape index (κ1) is 34.7. The lowest BCUT2D eigenvalue weighted by Crippen LogP contribution is -2.53. The summed E-state index contributed by atoms with van der Waals surface area (Å²) in [5, 5.41) is 29.0. The largest absolute Gasteiger partial charge is 0.465 e. The van der Waals surface area contributed by atoms with Crippen LogP contribution in [0.25, 0.3) is 0 Å². The van der Waals surface area contributed by atoms with Crippen LogP contribution in [0.2, 0.25) is 5.02 Å². The molecule has 0 aromatic heterocycles. The number of ether oxygens (including phenoxy) is 1. The van der Waals surface area contributed by atoms with E-state index in [0.29, 0.717) is 25.3 Å². The first-order valence-corrected chi connectivity index (χ1v) is 15.8. The number of carbonyl (C=O) groups is 3. The minimum absolute atomic E-state index is 0.0386. The number of piperidine rings is 1. The van der Waals surface area contributed by atoms with Crippen LogP contribution in [0.5, 0.6) is 0 Å². The number of amides is 4. The maximum absolute atomic E-state index is 15.2. The molecule has 1 aliphatic heterocycles. The van der Waals surface area contributed by atoms with Crippen LogP contribution in [0.1, 0.15) is 90.5 Å². The van der Waals surface area contributed by atoms with Gasteiger partial charge in [-0.1, -0.05) is 55.8 Å². The summed E-state index contributed by atoms with van der Waals surface area (Å²) >= 11 is 6.06. The topological polar surface area (TPSA) is 140 Å². The van der Waals surface area contributed by atoms with Crippen LogP contribution in [-0.4, -0.2) is 71.2 Å². The summed E-state index contributed by atoms with van der Waals surface area (Å²) in [5.74, 6) is -0.774. The Morgan fingerprint density at radius 1 is 1.12 bits per heavy atom. The summed E-state index contributed by atoms with van der Waals surface area (Å²) in [4.78, 5) is 38.5. The Hall–Kier alpha value is -2.79. The molecular formula is C31H48ClFN4O6. The molecule has 2 fully saturated rings. The number of halogens is 2. The molecule has 1 saturated heterocycles. The molecular weight excluding hydrogens is 579 g/mol. The highest BCUT2D eigenvalue weighted by molar-refractivity contribution is 6.30. The number of nitrogens with zero attached hydrogens (tertiary/aromatic N) is 1. The Morgan fingerprint density at radius 3 is 2.51 bits per heavy atom. The molecule has 12 heteroatoms. The van der Waals surface area contributed by atoms with Crippen molar-refractivity contribution >= 4 is 29.8 Å². The summed E-state index contributed by atoms with van der Waals surface area (Å²) in [5.41, 5.74) is -2.28. The van der Waals surface area contributed by atoms with E-state index < -0.39 is 35.1 Å². The van der Waals surface area contributed by atoms with Gasteiger partial charge in [0.05, 0.1) is 10.6 Å². The Labute approximate surface area is 259 Å². The fourth-order valence-corrected chi connectivity index (χ4v) is 6.49. The number of likely N-dealkylation sites (tertiary alicyclic amines) is 1. The second-order valence-electron chi connectivity index (χ2n) is 12.9. The van der Waals surface area contributed by atoms with Gasteiger partial charge in [0.1, 0.15) is 11.4 Å². The zero-order valence-corrected chi connectivity index (χ0v) is 26.4. The van der Waals surface area contributed by atoms with Crippen molar-refractivity contribution in [2.75, 3.05) is 26.2 Å². The fourth-order valence-electron chi connectivity index (χ4n) is 6.32. The molecule has 3 atom stereocenters. The maximum Gasteiger partial charge on any atom is 0.407 e. The fraction of sp³-hybridized carbons (Fsp3) is 0.710. The Morgan fingerprint density at radius 2 is 1.84 bits per heavy atom. The third kappa shape index (κ3) is 10.7. The number of carbonyl (C=O) groups excluding carboxylic acids is 2. The van der Waals surface area contributed by atoms with Crippen molar-refractivity contribution in [1.29, 1.82) is 0 Å². The Kier molecular flexibility index (Phi) is 12.7. The predicted octanol–water partition coefficient (Wildman–Crippen LogP) is 6.00. The van der Waals surface area contributed by atoms with Gasteiger partial charge in [0.2, 0.25) is 0 Å². The van der Waals surface area contributed by atoms with E-state index in [1.807, 2.05) is 0 Å². The van der Waals surface area contributed by atoms with Crippen molar-refractivity contribution in [3.8, 4) is 0 Å². The van der Waals surface area contributed by atoms with E-state index in [9.17, 15) is 19.5 Å². The van der Waals surface area contributed by atoms with Crippen molar-refractivity contribution in [3.05, 3.63) is 34.6 Å². The number of urea groups is 1. The summed E-state index contributed by atoms with van der Waals surface area (Å²) in [6.07, 6.45) is 6.24. The molecule has 4 amide bonds. The smallest absolute Gasteiger partial charge is 0.407 e. The third-order valence-electron chi connectivity index (χ3n) is 8.38. The Balaban J connectivity index is 1.70. The minimum atomic E-state index is -1.67. The highest BCUT2D eigenvalue weighted by atomic mass is 35.5. The minimum Gasteiger partial charge on any atom is -0.465 e. The average molecular weight is 627 g/mol. The van der Waals surface area contributed by atoms with Gasteiger partial charge >= 0.3 is 18.2 Å². The molecule has 10 nitrogen and oxygen atoms in total. The number of benzene rings is 1. The quantitative estimate of drug-likeness (QED) is 0.191. The highest BCUT2D eigenvalue weighted by Crippen LogP contribution is 2.41. The SMILES string of the molecule is CC(C)(C)OC(=O)N[C@@H](CNC(=O)N1CCCC([C@@](O)(CCCNC(=O)O)c2cccc(Cl)c2F)C1)CC1CCCCC1. The number of hydrogen-bond acceptors (Lipinski definition) is 5. The number of rotatable bonds is 11. The van der Waals surface area contributed by atoms with Crippen molar-refractivity contribution in [3.63, 3.8) is 0 Å². The summed E-state index contributed by atoms with van der Waals surface area (Å²) in [6, 6.07) is 3.83. The highest BCUT2D eigenvalue weighted by Gasteiger charge is 2.43. The standard InChI is InChI=1S/C31H48ClFN4O6/c1-30(2,3)43-29(41)36-23(18-21-10-5-4-6-11-21)19-35-27(38)37-17-8-12-22(20-37)31(42,15-9-16-34-28(39)40)24-13-7-14-25(32)26(24)33/h7,13-14,21-23,34,42H,4-6,8-12,15-20H2,1-3H3,(H,35,38)(H,36,41)(H,39,40)/t22?,23-,31+/m1/s1. The normalized spacial score (nSPS) is 20.0. The van der Waals surface area contributed by atoms with Crippen LogP contribution in [-0.2, 0) is 10.3 Å². The molecule has 1 heterocycles. The van der Waals surface area contributed by atoms with Crippen LogP contribution in [0.15, 0.2) is 18.2 Å². The van der Waals surface area contributed by atoms with Gasteiger partial charge in [0.25, 0.3) is 0 Å². The molecule has 1 aromatic rings. The number of hydrogen-bond donors (Lipinski definition) is 5. The zero-order valence-electron chi connectivity index (χ0n) is 25.6. The van der Waals surface area contributed by atoms with E-state index in [1.54, 1.807) is 31.7 Å². The lowest BCUT2D eigenvalue weighted by atomic mass is 9.74. The van der Waals surface area contributed by atoms with Crippen molar-refractivity contribution in [1.82, 2.24) is 20.9 Å². The van der Waals surface area contributed by atoms with Crippen molar-refractivity contribution < 1.29 is 33.7 Å². The first-order valence-electron chi connectivity index (χ1n) is 15.4. The lowest BCUT2D eigenvalue weighted by molar-refractivity contribution is -0.0575.